The fraction of sp³-hybridized carbons (Fsp3) is 0.833. The van der Waals surface area contributed by atoms with Gasteiger partial charge in [-0.2, -0.15) is 11.8 Å². The lowest BCUT2D eigenvalue weighted by molar-refractivity contribution is -0.148. The number of carboxylic acids is 1. The third kappa shape index (κ3) is 3.63. The van der Waals surface area contributed by atoms with Gasteiger partial charge in [0.2, 0.25) is 5.91 Å². The Hall–Kier alpha value is -0.710. The summed E-state index contributed by atoms with van der Waals surface area (Å²) in [4.78, 5) is 23.3. The lowest BCUT2D eigenvalue weighted by atomic mass is 9.91. The highest BCUT2D eigenvalue weighted by Crippen LogP contribution is 2.28. The Labute approximate surface area is 107 Å². The highest BCUT2D eigenvalue weighted by molar-refractivity contribution is 7.99. The standard InChI is InChI=1S/C12H21NO3S/c1-3-4-9(2)10(14)13-12(11(15)16)5-7-17-8-6-12/h9H,3-8H2,1-2H3,(H,13,14)(H,15,16). The summed E-state index contributed by atoms with van der Waals surface area (Å²) in [5, 5.41) is 12.1. The van der Waals surface area contributed by atoms with Crippen LogP contribution in [0.2, 0.25) is 0 Å². The predicted molar refractivity (Wildman–Crippen MR) is 69.1 cm³/mol. The average Bonchev–Trinajstić information content (AvgIpc) is 2.30. The van der Waals surface area contributed by atoms with E-state index in [9.17, 15) is 14.7 Å². The first-order chi connectivity index (χ1) is 8.02. The number of carbonyl (C=O) groups is 2. The number of carbonyl (C=O) groups excluding carboxylic acids is 1. The van der Waals surface area contributed by atoms with Crippen LogP contribution in [0, 0.1) is 5.92 Å². The van der Waals surface area contributed by atoms with E-state index < -0.39 is 11.5 Å². The zero-order valence-electron chi connectivity index (χ0n) is 10.5. The normalized spacial score (nSPS) is 20.6. The molecule has 0 bridgehead atoms. The fourth-order valence-corrected chi connectivity index (χ4v) is 3.23. The molecule has 0 aromatic carbocycles. The summed E-state index contributed by atoms with van der Waals surface area (Å²) in [6, 6.07) is 0. The molecule has 4 nitrogen and oxygen atoms in total. The first-order valence-corrected chi connectivity index (χ1v) is 7.30. The van der Waals surface area contributed by atoms with E-state index in [0.29, 0.717) is 12.8 Å². The van der Waals surface area contributed by atoms with E-state index in [1.165, 1.54) is 0 Å². The highest BCUT2D eigenvalue weighted by Gasteiger charge is 2.41. The van der Waals surface area contributed by atoms with Crippen LogP contribution in [-0.2, 0) is 9.59 Å². The van der Waals surface area contributed by atoms with Gasteiger partial charge < -0.3 is 10.4 Å². The van der Waals surface area contributed by atoms with Gasteiger partial charge in [-0.05, 0) is 30.8 Å². The lowest BCUT2D eigenvalue weighted by Crippen LogP contribution is -2.57. The van der Waals surface area contributed by atoms with Crippen LogP contribution >= 0.6 is 11.8 Å². The van der Waals surface area contributed by atoms with Crippen LogP contribution < -0.4 is 5.32 Å². The number of hydrogen-bond donors (Lipinski definition) is 2. The van der Waals surface area contributed by atoms with Crippen molar-refractivity contribution in [1.29, 1.82) is 0 Å². The Morgan fingerprint density at radius 3 is 2.47 bits per heavy atom. The van der Waals surface area contributed by atoms with E-state index in [-0.39, 0.29) is 11.8 Å². The topological polar surface area (TPSA) is 66.4 Å². The zero-order chi connectivity index (χ0) is 12.9. The Morgan fingerprint density at radius 1 is 1.41 bits per heavy atom. The summed E-state index contributed by atoms with van der Waals surface area (Å²) in [6.07, 6.45) is 2.79. The molecule has 0 aromatic heterocycles. The molecule has 1 rings (SSSR count). The van der Waals surface area contributed by atoms with Crippen molar-refractivity contribution in [2.24, 2.45) is 5.92 Å². The van der Waals surface area contributed by atoms with Gasteiger partial charge in [0, 0.05) is 5.92 Å². The van der Waals surface area contributed by atoms with Crippen LogP contribution in [0.25, 0.3) is 0 Å². The molecule has 1 atom stereocenters. The van der Waals surface area contributed by atoms with Gasteiger partial charge in [-0.1, -0.05) is 20.3 Å². The first kappa shape index (κ1) is 14.4. The van der Waals surface area contributed by atoms with Crippen molar-refractivity contribution in [2.75, 3.05) is 11.5 Å². The van der Waals surface area contributed by atoms with Crippen molar-refractivity contribution in [1.82, 2.24) is 5.32 Å². The van der Waals surface area contributed by atoms with Crippen LogP contribution in [-0.4, -0.2) is 34.0 Å². The van der Waals surface area contributed by atoms with Crippen LogP contribution in [0.15, 0.2) is 0 Å². The molecule has 1 saturated heterocycles. The first-order valence-electron chi connectivity index (χ1n) is 6.15. The maximum Gasteiger partial charge on any atom is 0.329 e. The van der Waals surface area contributed by atoms with E-state index in [1.807, 2.05) is 13.8 Å². The van der Waals surface area contributed by atoms with Crippen LogP contribution in [0.3, 0.4) is 0 Å². The zero-order valence-corrected chi connectivity index (χ0v) is 11.3. The van der Waals surface area contributed by atoms with Crippen LogP contribution in [0.4, 0.5) is 0 Å². The second-order valence-corrected chi connectivity index (χ2v) is 5.90. The van der Waals surface area contributed by atoms with E-state index in [2.05, 4.69) is 5.32 Å². The number of hydrogen-bond acceptors (Lipinski definition) is 3. The number of thioether (sulfide) groups is 1. The molecule has 5 heteroatoms. The Balaban J connectivity index is 2.66. The minimum atomic E-state index is -1.02. The SMILES string of the molecule is CCCC(C)C(=O)NC1(C(=O)O)CCSCC1. The smallest absolute Gasteiger partial charge is 0.329 e. The molecule has 0 radical (unpaired) electrons. The molecule has 1 unspecified atom stereocenters. The molecule has 1 fully saturated rings. The number of carboxylic acid groups (broad SMARTS) is 1. The van der Waals surface area contributed by atoms with Gasteiger partial charge in [-0.15, -0.1) is 0 Å². The van der Waals surface area contributed by atoms with Crippen molar-refractivity contribution in [2.45, 2.75) is 45.1 Å². The molecule has 1 amide bonds. The summed E-state index contributed by atoms with van der Waals surface area (Å²) in [6.45, 7) is 3.87. The molecule has 0 aliphatic carbocycles. The Kier molecular flexibility index (Phi) is 5.31. The summed E-state index contributed by atoms with van der Waals surface area (Å²) >= 11 is 1.75. The van der Waals surface area contributed by atoms with Gasteiger partial charge >= 0.3 is 5.97 Å². The van der Waals surface area contributed by atoms with Gasteiger partial charge in [0.1, 0.15) is 5.54 Å². The lowest BCUT2D eigenvalue weighted by Gasteiger charge is -2.34. The molecule has 1 aliphatic rings. The number of nitrogens with one attached hydrogen (secondary N) is 1. The maximum atomic E-state index is 11.9. The van der Waals surface area contributed by atoms with Crippen molar-refractivity contribution < 1.29 is 14.7 Å². The van der Waals surface area contributed by atoms with E-state index in [4.69, 9.17) is 0 Å². The molecule has 0 aromatic rings. The van der Waals surface area contributed by atoms with Gasteiger partial charge in [-0.3, -0.25) is 4.79 Å². The summed E-state index contributed by atoms with van der Waals surface area (Å²) < 4.78 is 0. The quantitative estimate of drug-likeness (QED) is 0.791. The Morgan fingerprint density at radius 2 is 2.00 bits per heavy atom. The molecule has 1 heterocycles. The van der Waals surface area contributed by atoms with E-state index in [0.717, 1.165) is 24.3 Å². The maximum absolute atomic E-state index is 11.9. The minimum Gasteiger partial charge on any atom is -0.480 e. The summed E-state index contributed by atoms with van der Waals surface area (Å²) in [7, 11) is 0. The van der Waals surface area contributed by atoms with Crippen LogP contribution in [0.5, 0.6) is 0 Å². The fourth-order valence-electron chi connectivity index (χ4n) is 2.04. The van der Waals surface area contributed by atoms with Gasteiger partial charge in [0.25, 0.3) is 0 Å². The highest BCUT2D eigenvalue weighted by atomic mass is 32.2. The summed E-state index contributed by atoms with van der Waals surface area (Å²) in [5.41, 5.74) is -1.02. The molecule has 1 aliphatic heterocycles. The monoisotopic (exact) mass is 259 g/mol. The second kappa shape index (κ2) is 6.28. The van der Waals surface area contributed by atoms with Gasteiger partial charge in [0.15, 0.2) is 0 Å². The van der Waals surface area contributed by atoms with Crippen LogP contribution in [0.1, 0.15) is 39.5 Å². The number of aliphatic carboxylic acids is 1. The number of amides is 1. The van der Waals surface area contributed by atoms with Crippen molar-refractivity contribution in [3.8, 4) is 0 Å². The van der Waals surface area contributed by atoms with Gasteiger partial charge in [-0.25, -0.2) is 4.79 Å². The Bertz CT molecular complexity index is 287. The van der Waals surface area contributed by atoms with Gasteiger partial charge in [0.05, 0.1) is 0 Å². The molecule has 2 N–H and O–H groups in total. The van der Waals surface area contributed by atoms with Crippen molar-refractivity contribution in [3.63, 3.8) is 0 Å². The van der Waals surface area contributed by atoms with E-state index in [1.54, 1.807) is 11.8 Å². The van der Waals surface area contributed by atoms with Crippen molar-refractivity contribution in [3.05, 3.63) is 0 Å². The third-order valence-electron chi connectivity index (χ3n) is 3.29. The molecular formula is C12H21NO3S. The molecular weight excluding hydrogens is 238 g/mol. The largest absolute Gasteiger partial charge is 0.480 e. The van der Waals surface area contributed by atoms with Crippen molar-refractivity contribution >= 4 is 23.6 Å². The molecule has 0 saturated carbocycles. The average molecular weight is 259 g/mol. The number of rotatable bonds is 5. The molecule has 0 spiro atoms. The second-order valence-electron chi connectivity index (χ2n) is 4.68. The predicted octanol–water partition coefficient (Wildman–Crippen LogP) is 1.89. The molecule has 98 valence electrons. The molecule has 17 heavy (non-hydrogen) atoms. The minimum absolute atomic E-state index is 0.106. The third-order valence-corrected chi connectivity index (χ3v) is 4.27. The van der Waals surface area contributed by atoms with E-state index >= 15 is 0 Å². The summed E-state index contributed by atoms with van der Waals surface area (Å²) in [5.74, 6) is 0.477.